The minimum absolute atomic E-state index is 0.894. The summed E-state index contributed by atoms with van der Waals surface area (Å²) < 4.78 is 0. The summed E-state index contributed by atoms with van der Waals surface area (Å²) in [6.07, 6.45) is 7.21. The maximum atomic E-state index is 4.05. The van der Waals surface area contributed by atoms with E-state index in [2.05, 4.69) is 20.6 Å². The Morgan fingerprint density at radius 3 is 1.79 bits per heavy atom. The van der Waals surface area contributed by atoms with Crippen molar-refractivity contribution in [3.05, 3.63) is 49.1 Å². The van der Waals surface area contributed by atoms with Crippen LogP contribution in [0.2, 0.25) is 0 Å². The molecule has 0 bridgehead atoms. The Hall–Kier alpha value is -1.40. The zero-order chi connectivity index (χ0) is 13.2. The largest absolute Gasteiger partial charge is 0.375 e. The standard InChI is InChI=1S/C13H16N4S2/c1-3-12(7-14-5-1)16-9-18-11-19-10-17-13-4-2-6-15-8-13/h1-8,16-17H,9-11H2. The van der Waals surface area contributed by atoms with Crippen molar-refractivity contribution in [2.45, 2.75) is 0 Å². The van der Waals surface area contributed by atoms with Crippen LogP contribution in [0.5, 0.6) is 0 Å². The van der Waals surface area contributed by atoms with Crippen LogP contribution >= 0.6 is 23.5 Å². The quantitative estimate of drug-likeness (QED) is 0.575. The van der Waals surface area contributed by atoms with Crippen LogP contribution in [-0.2, 0) is 0 Å². The second-order valence-electron chi connectivity index (χ2n) is 3.65. The first-order valence-electron chi connectivity index (χ1n) is 5.88. The Balaban J connectivity index is 1.49. The fraction of sp³-hybridized carbons (Fsp3) is 0.231. The molecule has 2 aromatic rings. The predicted octanol–water partition coefficient (Wildman–Crippen LogP) is 3.34. The Kier molecular flexibility index (Phi) is 6.39. The van der Waals surface area contributed by atoms with Crippen molar-refractivity contribution in [1.82, 2.24) is 9.97 Å². The lowest BCUT2D eigenvalue weighted by atomic mass is 10.4. The normalized spacial score (nSPS) is 10.1. The van der Waals surface area contributed by atoms with E-state index >= 15 is 0 Å². The topological polar surface area (TPSA) is 49.8 Å². The van der Waals surface area contributed by atoms with Crippen LogP contribution in [0.25, 0.3) is 0 Å². The van der Waals surface area contributed by atoms with Crippen LogP contribution in [0, 0.1) is 0 Å². The van der Waals surface area contributed by atoms with Gasteiger partial charge in [-0.3, -0.25) is 9.97 Å². The first kappa shape index (κ1) is 14.0. The second kappa shape index (κ2) is 8.66. The lowest BCUT2D eigenvalue weighted by Crippen LogP contribution is -2.00. The number of nitrogens with zero attached hydrogens (tertiary/aromatic N) is 2. The molecule has 0 fully saturated rings. The van der Waals surface area contributed by atoms with Gasteiger partial charge in [-0.25, -0.2) is 0 Å². The first-order chi connectivity index (χ1) is 9.45. The van der Waals surface area contributed by atoms with E-state index in [4.69, 9.17) is 0 Å². The van der Waals surface area contributed by atoms with Gasteiger partial charge in [0.15, 0.2) is 0 Å². The molecule has 0 saturated heterocycles. The fourth-order valence-corrected chi connectivity index (χ4v) is 3.02. The van der Waals surface area contributed by atoms with Gasteiger partial charge < -0.3 is 10.6 Å². The third kappa shape index (κ3) is 5.85. The number of aromatic nitrogens is 2. The molecule has 0 atom stereocenters. The summed E-state index contributed by atoms with van der Waals surface area (Å²) in [7, 11) is 0. The highest BCUT2D eigenvalue weighted by Crippen LogP contribution is 2.14. The van der Waals surface area contributed by atoms with Crippen LogP contribution in [0.1, 0.15) is 0 Å². The first-order valence-corrected chi connectivity index (χ1v) is 8.19. The van der Waals surface area contributed by atoms with Crippen LogP contribution in [-0.4, -0.2) is 26.8 Å². The molecule has 0 spiro atoms. The molecule has 0 saturated carbocycles. The molecular weight excluding hydrogens is 276 g/mol. The Bertz CT molecular complexity index is 409. The molecule has 4 nitrogen and oxygen atoms in total. The van der Waals surface area contributed by atoms with E-state index in [9.17, 15) is 0 Å². The van der Waals surface area contributed by atoms with Gasteiger partial charge >= 0.3 is 0 Å². The summed E-state index contributed by atoms with van der Waals surface area (Å²) in [5, 5.41) is 7.66. The molecule has 0 aliphatic heterocycles. The number of pyridine rings is 2. The van der Waals surface area contributed by atoms with Gasteiger partial charge in [-0.05, 0) is 24.3 Å². The van der Waals surface area contributed by atoms with Crippen LogP contribution in [0.3, 0.4) is 0 Å². The van der Waals surface area contributed by atoms with E-state index in [1.807, 2.05) is 60.2 Å². The lowest BCUT2D eigenvalue weighted by molar-refractivity contribution is 1.30. The van der Waals surface area contributed by atoms with Gasteiger partial charge in [-0.2, -0.15) is 0 Å². The molecule has 0 aromatic carbocycles. The van der Waals surface area contributed by atoms with Gasteiger partial charge in [0.1, 0.15) is 0 Å². The third-order valence-corrected chi connectivity index (χ3v) is 4.28. The molecule has 2 aromatic heterocycles. The zero-order valence-corrected chi connectivity index (χ0v) is 12.1. The molecule has 6 heteroatoms. The highest BCUT2D eigenvalue weighted by molar-refractivity contribution is 8.16. The van der Waals surface area contributed by atoms with Crippen molar-refractivity contribution in [3.8, 4) is 0 Å². The molecule has 0 aliphatic rings. The summed E-state index contributed by atoms with van der Waals surface area (Å²) in [5.41, 5.74) is 2.13. The van der Waals surface area contributed by atoms with E-state index in [1.165, 1.54) is 0 Å². The summed E-state index contributed by atoms with van der Waals surface area (Å²) in [6.45, 7) is 0. The monoisotopic (exact) mass is 292 g/mol. The van der Waals surface area contributed by atoms with Gasteiger partial charge in [-0.15, -0.1) is 23.5 Å². The van der Waals surface area contributed by atoms with Crippen LogP contribution < -0.4 is 10.6 Å². The number of thioether (sulfide) groups is 2. The summed E-state index contributed by atoms with van der Waals surface area (Å²) >= 11 is 3.70. The van der Waals surface area contributed by atoms with Crippen molar-refractivity contribution in [2.24, 2.45) is 0 Å². The minimum atomic E-state index is 0.894. The molecule has 100 valence electrons. The van der Waals surface area contributed by atoms with Gasteiger partial charge in [0.05, 0.1) is 23.1 Å². The molecule has 19 heavy (non-hydrogen) atoms. The van der Waals surface area contributed by atoms with Crippen LogP contribution in [0.15, 0.2) is 49.1 Å². The maximum absolute atomic E-state index is 4.05. The predicted molar refractivity (Wildman–Crippen MR) is 85.5 cm³/mol. The van der Waals surface area contributed by atoms with Crippen molar-refractivity contribution in [3.63, 3.8) is 0 Å². The fourth-order valence-electron chi connectivity index (χ4n) is 1.35. The van der Waals surface area contributed by atoms with Gasteiger partial charge in [-0.1, -0.05) is 0 Å². The van der Waals surface area contributed by atoms with Crippen molar-refractivity contribution >= 4 is 34.9 Å². The van der Waals surface area contributed by atoms with Gasteiger partial charge in [0.2, 0.25) is 0 Å². The van der Waals surface area contributed by atoms with E-state index in [0.717, 1.165) is 28.2 Å². The maximum Gasteiger partial charge on any atom is 0.0619 e. The van der Waals surface area contributed by atoms with E-state index in [-0.39, 0.29) is 0 Å². The molecule has 2 N–H and O–H groups in total. The van der Waals surface area contributed by atoms with Crippen molar-refractivity contribution in [1.29, 1.82) is 0 Å². The minimum Gasteiger partial charge on any atom is -0.375 e. The summed E-state index contributed by atoms with van der Waals surface area (Å²) in [4.78, 5) is 8.11. The average Bonchev–Trinajstić information content (AvgIpc) is 2.48. The second-order valence-corrected chi connectivity index (χ2v) is 5.99. The zero-order valence-electron chi connectivity index (χ0n) is 10.5. The van der Waals surface area contributed by atoms with Crippen LogP contribution in [0.4, 0.5) is 11.4 Å². The van der Waals surface area contributed by atoms with E-state index in [0.29, 0.717) is 0 Å². The number of rotatable bonds is 8. The lowest BCUT2D eigenvalue weighted by Gasteiger charge is -2.06. The molecule has 2 heterocycles. The molecule has 0 unspecified atom stereocenters. The average molecular weight is 292 g/mol. The molecule has 0 amide bonds. The number of nitrogens with one attached hydrogen (secondary N) is 2. The smallest absolute Gasteiger partial charge is 0.0619 e. The van der Waals surface area contributed by atoms with E-state index < -0.39 is 0 Å². The Morgan fingerprint density at radius 1 is 0.842 bits per heavy atom. The SMILES string of the molecule is c1cncc(NCSCSCNc2cccnc2)c1. The number of hydrogen-bond acceptors (Lipinski definition) is 6. The highest BCUT2D eigenvalue weighted by atomic mass is 32.2. The number of hydrogen-bond donors (Lipinski definition) is 2. The number of anilines is 2. The Morgan fingerprint density at radius 2 is 1.37 bits per heavy atom. The van der Waals surface area contributed by atoms with Crippen molar-refractivity contribution in [2.75, 3.05) is 27.5 Å². The molecule has 2 rings (SSSR count). The van der Waals surface area contributed by atoms with Crippen molar-refractivity contribution < 1.29 is 0 Å². The Labute approximate surface area is 121 Å². The summed E-state index contributed by atoms with van der Waals surface area (Å²) in [5.74, 6) is 1.79. The molecular formula is C13H16N4S2. The molecule has 0 radical (unpaired) electrons. The molecule has 0 aliphatic carbocycles. The highest BCUT2D eigenvalue weighted by Gasteiger charge is 1.93. The van der Waals surface area contributed by atoms with E-state index in [1.54, 1.807) is 12.4 Å². The van der Waals surface area contributed by atoms with Gasteiger partial charge in [0, 0.05) is 29.9 Å². The van der Waals surface area contributed by atoms with Gasteiger partial charge in [0.25, 0.3) is 0 Å². The third-order valence-electron chi connectivity index (χ3n) is 2.25. The summed E-state index contributed by atoms with van der Waals surface area (Å²) in [6, 6.07) is 7.90.